The smallest absolute Gasteiger partial charge is 0.243 e. The van der Waals surface area contributed by atoms with Crippen LogP contribution in [0.15, 0.2) is 18.2 Å². The Morgan fingerprint density at radius 2 is 1.76 bits per heavy atom. The molecule has 4 aliphatic rings. The van der Waals surface area contributed by atoms with Crippen molar-refractivity contribution in [2.24, 2.45) is 11.8 Å². The van der Waals surface area contributed by atoms with Gasteiger partial charge >= 0.3 is 0 Å². The third-order valence-electron chi connectivity index (χ3n) is 6.34. The average molecular weight is 340 g/mol. The second-order valence-corrected chi connectivity index (χ2v) is 7.91. The number of imide groups is 1. The van der Waals surface area contributed by atoms with E-state index in [2.05, 4.69) is 38.6 Å². The highest BCUT2D eigenvalue weighted by molar-refractivity contribution is 6.00. The van der Waals surface area contributed by atoms with E-state index < -0.39 is 0 Å². The molecule has 0 saturated carbocycles. The minimum Gasteiger partial charge on any atom is -0.371 e. The molecule has 2 amide bonds. The van der Waals surface area contributed by atoms with E-state index in [0.29, 0.717) is 12.8 Å². The highest BCUT2D eigenvalue weighted by atomic mass is 16.2. The number of hydrogen-bond acceptors (Lipinski definition) is 5. The number of carbonyl (C=O) groups is 2. The van der Waals surface area contributed by atoms with E-state index in [4.69, 9.17) is 0 Å². The van der Waals surface area contributed by atoms with Gasteiger partial charge in [-0.3, -0.25) is 19.8 Å². The Balaban J connectivity index is 1.31. The molecule has 2 N–H and O–H groups in total. The molecule has 5 rings (SSSR count). The van der Waals surface area contributed by atoms with Gasteiger partial charge in [-0.1, -0.05) is 6.07 Å². The summed E-state index contributed by atoms with van der Waals surface area (Å²) in [6.45, 7) is 6.19. The Bertz CT molecular complexity index is 722. The lowest BCUT2D eigenvalue weighted by Gasteiger charge is -2.29. The van der Waals surface area contributed by atoms with Crippen molar-refractivity contribution < 1.29 is 9.59 Å². The quantitative estimate of drug-likeness (QED) is 0.766. The molecule has 6 nitrogen and oxygen atoms in total. The van der Waals surface area contributed by atoms with Crippen molar-refractivity contribution in [2.75, 3.05) is 31.1 Å². The fraction of sp³-hybridized carbons (Fsp3) is 0.579. The largest absolute Gasteiger partial charge is 0.371 e. The number of piperidine rings is 1. The maximum Gasteiger partial charge on any atom is 0.243 e. The van der Waals surface area contributed by atoms with Gasteiger partial charge in [0.2, 0.25) is 11.8 Å². The highest BCUT2D eigenvalue weighted by Crippen LogP contribution is 2.34. The summed E-state index contributed by atoms with van der Waals surface area (Å²) >= 11 is 0. The van der Waals surface area contributed by atoms with Crippen LogP contribution in [0.25, 0.3) is 0 Å². The fourth-order valence-electron chi connectivity index (χ4n) is 4.92. The van der Waals surface area contributed by atoms with Gasteiger partial charge < -0.3 is 10.2 Å². The molecule has 0 aliphatic carbocycles. The standard InChI is InChI=1S/C19H24N4O2/c24-18-4-3-17(19(25)21-18)23-8-12-1-2-16(5-13(12)9-23)22-10-14-6-20-7-15(14)11-22/h1-2,5,14-15,17,20H,3-4,6-11H2,(H,21,24,25). The Hall–Kier alpha value is -1.92. The van der Waals surface area contributed by atoms with Crippen LogP contribution < -0.4 is 15.5 Å². The zero-order valence-electron chi connectivity index (χ0n) is 14.3. The van der Waals surface area contributed by atoms with Gasteiger partial charge in [0.25, 0.3) is 0 Å². The molecule has 3 fully saturated rings. The van der Waals surface area contributed by atoms with E-state index in [-0.39, 0.29) is 17.9 Å². The summed E-state index contributed by atoms with van der Waals surface area (Å²) in [5.74, 6) is 1.29. The number of hydrogen-bond donors (Lipinski definition) is 2. The molecule has 0 aromatic heterocycles. The van der Waals surface area contributed by atoms with E-state index >= 15 is 0 Å². The molecule has 6 heteroatoms. The third kappa shape index (κ3) is 2.64. The van der Waals surface area contributed by atoms with Crippen LogP contribution in [0.3, 0.4) is 0 Å². The molecule has 25 heavy (non-hydrogen) atoms. The molecular weight excluding hydrogens is 316 g/mol. The number of anilines is 1. The van der Waals surface area contributed by atoms with Crippen LogP contribution >= 0.6 is 0 Å². The number of nitrogens with zero attached hydrogens (tertiary/aromatic N) is 2. The monoisotopic (exact) mass is 340 g/mol. The van der Waals surface area contributed by atoms with Gasteiger partial charge in [-0.25, -0.2) is 0 Å². The van der Waals surface area contributed by atoms with Gasteiger partial charge in [-0.05, 0) is 41.5 Å². The third-order valence-corrected chi connectivity index (χ3v) is 6.34. The summed E-state index contributed by atoms with van der Waals surface area (Å²) in [7, 11) is 0. The molecule has 0 bridgehead atoms. The van der Waals surface area contributed by atoms with E-state index in [0.717, 1.165) is 51.1 Å². The maximum atomic E-state index is 12.1. The van der Waals surface area contributed by atoms with Crippen molar-refractivity contribution in [3.63, 3.8) is 0 Å². The normalized spacial score (nSPS) is 32.0. The highest BCUT2D eigenvalue weighted by Gasteiger charge is 2.37. The number of benzene rings is 1. The molecular formula is C19H24N4O2. The van der Waals surface area contributed by atoms with Crippen LogP contribution in [0, 0.1) is 11.8 Å². The molecule has 0 spiro atoms. The van der Waals surface area contributed by atoms with E-state index in [1.54, 1.807) is 0 Å². The van der Waals surface area contributed by atoms with Crippen LogP contribution in [0.5, 0.6) is 0 Å². The number of amides is 2. The Kier molecular flexibility index (Phi) is 3.57. The van der Waals surface area contributed by atoms with Crippen molar-refractivity contribution in [2.45, 2.75) is 32.0 Å². The van der Waals surface area contributed by atoms with Gasteiger partial charge in [0.15, 0.2) is 0 Å². The van der Waals surface area contributed by atoms with Crippen LogP contribution in [0.2, 0.25) is 0 Å². The van der Waals surface area contributed by atoms with Crippen molar-refractivity contribution in [3.05, 3.63) is 29.3 Å². The first-order chi connectivity index (χ1) is 12.2. The van der Waals surface area contributed by atoms with E-state index in [1.165, 1.54) is 16.8 Å². The first-order valence-electron chi connectivity index (χ1n) is 9.32. The lowest BCUT2D eigenvalue weighted by atomic mass is 10.0. The Morgan fingerprint density at radius 3 is 2.52 bits per heavy atom. The predicted molar refractivity (Wildman–Crippen MR) is 93.9 cm³/mol. The first-order valence-corrected chi connectivity index (χ1v) is 9.32. The van der Waals surface area contributed by atoms with Gasteiger partial charge in [0.05, 0.1) is 6.04 Å². The van der Waals surface area contributed by atoms with E-state index in [9.17, 15) is 9.59 Å². The van der Waals surface area contributed by atoms with Crippen molar-refractivity contribution in [3.8, 4) is 0 Å². The SMILES string of the molecule is O=C1CCC(N2Cc3ccc(N4CC5CNCC5C4)cc3C2)C(=O)N1. The minimum atomic E-state index is -0.175. The average Bonchev–Trinajstić information content (AvgIpc) is 3.27. The summed E-state index contributed by atoms with van der Waals surface area (Å²) in [5.41, 5.74) is 3.96. The topological polar surface area (TPSA) is 64.7 Å². The van der Waals surface area contributed by atoms with Crippen LogP contribution in [-0.4, -0.2) is 48.9 Å². The summed E-state index contributed by atoms with van der Waals surface area (Å²) < 4.78 is 0. The fourth-order valence-corrected chi connectivity index (χ4v) is 4.92. The Morgan fingerprint density at radius 1 is 1.00 bits per heavy atom. The lowest BCUT2D eigenvalue weighted by Crippen LogP contribution is -2.50. The second-order valence-electron chi connectivity index (χ2n) is 7.91. The van der Waals surface area contributed by atoms with Gasteiger partial charge in [-0.15, -0.1) is 0 Å². The molecule has 3 unspecified atom stereocenters. The molecule has 3 saturated heterocycles. The van der Waals surface area contributed by atoms with Crippen molar-refractivity contribution in [1.29, 1.82) is 0 Å². The number of fused-ring (bicyclic) bond motifs is 2. The van der Waals surface area contributed by atoms with E-state index in [1.807, 2.05) is 0 Å². The number of nitrogens with one attached hydrogen (secondary N) is 2. The van der Waals surface area contributed by atoms with Crippen molar-refractivity contribution >= 4 is 17.5 Å². The molecule has 1 aromatic carbocycles. The summed E-state index contributed by atoms with van der Waals surface area (Å²) in [6.07, 6.45) is 1.08. The molecule has 1 aromatic rings. The van der Waals surface area contributed by atoms with Gasteiger partial charge in [-0.2, -0.15) is 0 Å². The number of rotatable bonds is 2. The van der Waals surface area contributed by atoms with Crippen LogP contribution in [0.1, 0.15) is 24.0 Å². The van der Waals surface area contributed by atoms with Crippen LogP contribution in [0.4, 0.5) is 5.69 Å². The minimum absolute atomic E-state index is 0.135. The number of carbonyl (C=O) groups excluding carboxylic acids is 2. The maximum absolute atomic E-state index is 12.1. The lowest BCUT2D eigenvalue weighted by molar-refractivity contribution is -0.137. The predicted octanol–water partition coefficient (Wildman–Crippen LogP) is 0.463. The molecule has 3 atom stereocenters. The molecule has 4 aliphatic heterocycles. The van der Waals surface area contributed by atoms with Crippen LogP contribution in [-0.2, 0) is 22.7 Å². The Labute approximate surface area is 147 Å². The first kappa shape index (κ1) is 15.3. The molecule has 4 heterocycles. The van der Waals surface area contributed by atoms with Gasteiger partial charge in [0.1, 0.15) is 0 Å². The summed E-state index contributed by atoms with van der Waals surface area (Å²) in [5, 5.41) is 5.97. The van der Waals surface area contributed by atoms with Gasteiger partial charge in [0, 0.05) is 51.4 Å². The second kappa shape index (κ2) is 5.81. The zero-order chi connectivity index (χ0) is 17.0. The molecule has 0 radical (unpaired) electrons. The zero-order valence-corrected chi connectivity index (χ0v) is 14.3. The molecule has 132 valence electrons. The summed E-state index contributed by atoms with van der Waals surface area (Å²) in [6, 6.07) is 6.60. The van der Waals surface area contributed by atoms with Crippen molar-refractivity contribution in [1.82, 2.24) is 15.5 Å². The summed E-state index contributed by atoms with van der Waals surface area (Å²) in [4.78, 5) is 28.2.